The minimum atomic E-state index is -3.90. The summed E-state index contributed by atoms with van der Waals surface area (Å²) in [5, 5.41) is 0. The molecule has 0 bridgehead atoms. The molecule has 5 nitrogen and oxygen atoms in total. The number of halogens is 1. The van der Waals surface area contributed by atoms with Gasteiger partial charge in [0.1, 0.15) is 5.82 Å². The third kappa shape index (κ3) is 2.55. The van der Waals surface area contributed by atoms with Crippen LogP contribution in [0.5, 0.6) is 0 Å². The minimum Gasteiger partial charge on any atom is -0.330 e. The SMILES string of the molecule is C[C@H](CN)CN1c2ccccc2N(c2ccccc2F)S1(=O)=O. The highest BCUT2D eigenvalue weighted by Gasteiger charge is 2.42. The number of fused-ring (bicyclic) bond motifs is 1. The van der Waals surface area contributed by atoms with E-state index in [0.717, 1.165) is 4.31 Å². The molecule has 23 heavy (non-hydrogen) atoms. The Morgan fingerprint density at radius 3 is 2.22 bits per heavy atom. The molecule has 0 amide bonds. The second-order valence-corrected chi connectivity index (χ2v) is 7.29. The van der Waals surface area contributed by atoms with Crippen molar-refractivity contribution in [2.45, 2.75) is 6.92 Å². The largest absolute Gasteiger partial charge is 0.331 e. The van der Waals surface area contributed by atoms with Crippen LogP contribution in [0.3, 0.4) is 0 Å². The lowest BCUT2D eigenvalue weighted by Crippen LogP contribution is -2.39. The highest BCUT2D eigenvalue weighted by molar-refractivity contribution is 7.95. The molecule has 7 heteroatoms. The highest BCUT2D eigenvalue weighted by Crippen LogP contribution is 2.45. The number of para-hydroxylation sites is 3. The van der Waals surface area contributed by atoms with Gasteiger partial charge in [0.15, 0.2) is 0 Å². The van der Waals surface area contributed by atoms with E-state index in [1.54, 1.807) is 30.3 Å². The van der Waals surface area contributed by atoms with Crippen LogP contribution in [0.4, 0.5) is 21.5 Å². The molecular weight excluding hydrogens is 317 g/mol. The molecule has 0 unspecified atom stereocenters. The maximum absolute atomic E-state index is 14.2. The van der Waals surface area contributed by atoms with Crippen LogP contribution in [0.25, 0.3) is 0 Å². The average Bonchev–Trinajstić information content (AvgIpc) is 2.75. The number of hydrogen-bond donors (Lipinski definition) is 1. The second-order valence-electron chi connectivity index (χ2n) is 5.58. The van der Waals surface area contributed by atoms with Crippen molar-refractivity contribution in [3.8, 4) is 0 Å². The van der Waals surface area contributed by atoms with Crippen LogP contribution in [0.15, 0.2) is 48.5 Å². The van der Waals surface area contributed by atoms with Gasteiger partial charge in [-0.1, -0.05) is 31.2 Å². The lowest BCUT2D eigenvalue weighted by molar-refractivity contribution is 0.569. The molecule has 2 N–H and O–H groups in total. The number of nitrogens with zero attached hydrogens (tertiary/aromatic N) is 2. The Bertz CT molecular complexity index is 826. The van der Waals surface area contributed by atoms with Crippen LogP contribution >= 0.6 is 0 Å². The number of benzene rings is 2. The molecule has 2 aromatic carbocycles. The van der Waals surface area contributed by atoms with E-state index in [4.69, 9.17) is 5.73 Å². The zero-order valence-corrected chi connectivity index (χ0v) is 13.5. The molecule has 0 aliphatic carbocycles. The molecule has 0 saturated carbocycles. The van der Waals surface area contributed by atoms with Crippen LogP contribution in [-0.4, -0.2) is 21.5 Å². The zero-order chi connectivity index (χ0) is 16.6. The number of hydrogen-bond acceptors (Lipinski definition) is 3. The lowest BCUT2D eigenvalue weighted by Gasteiger charge is -2.24. The third-order valence-electron chi connectivity index (χ3n) is 3.83. The van der Waals surface area contributed by atoms with E-state index in [1.165, 1.54) is 22.5 Å². The van der Waals surface area contributed by atoms with Gasteiger partial charge in [0.05, 0.1) is 17.1 Å². The fourth-order valence-electron chi connectivity index (χ4n) is 2.61. The number of nitrogens with two attached hydrogens (primary N) is 1. The first-order chi connectivity index (χ1) is 11.0. The number of anilines is 3. The Kier molecular flexibility index (Phi) is 3.99. The summed E-state index contributed by atoms with van der Waals surface area (Å²) in [7, 11) is -3.90. The van der Waals surface area contributed by atoms with Gasteiger partial charge in [-0.2, -0.15) is 8.42 Å². The predicted octanol–water partition coefficient (Wildman–Crippen LogP) is 2.62. The first-order valence-electron chi connectivity index (χ1n) is 7.33. The van der Waals surface area contributed by atoms with E-state index in [9.17, 15) is 12.8 Å². The van der Waals surface area contributed by atoms with Crippen molar-refractivity contribution in [2.24, 2.45) is 11.7 Å². The van der Waals surface area contributed by atoms with Crippen LogP contribution in [-0.2, 0) is 10.2 Å². The maximum Gasteiger partial charge on any atom is 0.331 e. The molecule has 0 aromatic heterocycles. The minimum absolute atomic E-state index is 0.0154. The van der Waals surface area contributed by atoms with E-state index in [-0.39, 0.29) is 18.2 Å². The zero-order valence-electron chi connectivity index (χ0n) is 12.7. The van der Waals surface area contributed by atoms with Gasteiger partial charge in [-0.15, -0.1) is 0 Å². The van der Waals surface area contributed by atoms with Gasteiger partial charge in [-0.25, -0.2) is 8.70 Å². The maximum atomic E-state index is 14.2. The van der Waals surface area contributed by atoms with Crippen molar-refractivity contribution >= 4 is 27.3 Å². The van der Waals surface area contributed by atoms with Gasteiger partial charge >= 0.3 is 10.2 Å². The van der Waals surface area contributed by atoms with Gasteiger partial charge < -0.3 is 5.73 Å². The third-order valence-corrected chi connectivity index (χ3v) is 5.59. The summed E-state index contributed by atoms with van der Waals surface area (Å²) in [5.41, 5.74) is 6.63. The molecule has 0 spiro atoms. The van der Waals surface area contributed by atoms with E-state index in [1.807, 2.05) is 6.92 Å². The first-order valence-corrected chi connectivity index (χ1v) is 8.73. The topological polar surface area (TPSA) is 66.6 Å². The summed E-state index contributed by atoms with van der Waals surface area (Å²) >= 11 is 0. The molecule has 0 saturated heterocycles. The van der Waals surface area contributed by atoms with Crippen molar-refractivity contribution in [3.63, 3.8) is 0 Å². The second kappa shape index (κ2) is 5.82. The van der Waals surface area contributed by atoms with Crippen molar-refractivity contribution in [1.29, 1.82) is 0 Å². The highest BCUT2D eigenvalue weighted by atomic mass is 32.2. The quantitative estimate of drug-likeness (QED) is 0.934. The van der Waals surface area contributed by atoms with Gasteiger partial charge in [0, 0.05) is 6.54 Å². The van der Waals surface area contributed by atoms with E-state index >= 15 is 0 Å². The molecule has 1 aliphatic heterocycles. The Hall–Kier alpha value is -2.12. The Labute approximate surface area is 135 Å². The van der Waals surface area contributed by atoms with Crippen molar-refractivity contribution < 1.29 is 12.8 Å². The van der Waals surface area contributed by atoms with Crippen LogP contribution in [0.2, 0.25) is 0 Å². The standard InChI is InChI=1S/C16H18FN3O2S/c1-12(10-18)11-19-15-8-4-5-9-16(15)20(23(19,21)22)14-7-3-2-6-13(14)17/h2-9,12H,10-11,18H2,1H3/t12-/m1/s1. The smallest absolute Gasteiger partial charge is 0.330 e. The van der Waals surface area contributed by atoms with Crippen LogP contribution in [0.1, 0.15) is 6.92 Å². The van der Waals surface area contributed by atoms with E-state index in [0.29, 0.717) is 17.9 Å². The van der Waals surface area contributed by atoms with Gasteiger partial charge in [0.2, 0.25) is 0 Å². The lowest BCUT2D eigenvalue weighted by atomic mass is 10.1. The van der Waals surface area contributed by atoms with Crippen LogP contribution in [0, 0.1) is 11.7 Å². The summed E-state index contributed by atoms with van der Waals surface area (Å²) in [5.74, 6) is -0.599. The molecule has 1 heterocycles. The molecule has 0 radical (unpaired) electrons. The summed E-state index contributed by atoms with van der Waals surface area (Å²) in [6.45, 7) is 2.50. The molecule has 1 aliphatic rings. The monoisotopic (exact) mass is 335 g/mol. The van der Waals surface area contributed by atoms with Gasteiger partial charge in [-0.05, 0) is 36.7 Å². The van der Waals surface area contributed by atoms with Gasteiger partial charge in [0.25, 0.3) is 0 Å². The Morgan fingerprint density at radius 2 is 1.61 bits per heavy atom. The molecule has 0 fully saturated rings. The van der Waals surface area contributed by atoms with Crippen LogP contribution < -0.4 is 14.3 Å². The molecule has 2 aromatic rings. The van der Waals surface area contributed by atoms with Gasteiger partial charge in [-0.3, -0.25) is 4.31 Å². The summed E-state index contributed by atoms with van der Waals surface area (Å²) in [4.78, 5) is 0. The molecule has 1 atom stereocenters. The van der Waals surface area contributed by atoms with E-state index in [2.05, 4.69) is 0 Å². The molecular formula is C16H18FN3O2S. The van der Waals surface area contributed by atoms with E-state index < -0.39 is 16.0 Å². The number of rotatable bonds is 4. The predicted molar refractivity (Wildman–Crippen MR) is 89.5 cm³/mol. The average molecular weight is 335 g/mol. The Morgan fingerprint density at radius 1 is 1.04 bits per heavy atom. The summed E-state index contributed by atoms with van der Waals surface area (Å²) in [6.07, 6.45) is 0. The fourth-order valence-corrected chi connectivity index (χ4v) is 4.46. The fraction of sp³-hybridized carbons (Fsp3) is 0.250. The summed E-state index contributed by atoms with van der Waals surface area (Å²) < 4.78 is 42.5. The van der Waals surface area contributed by atoms with Crippen molar-refractivity contribution in [3.05, 3.63) is 54.3 Å². The first kappa shape index (κ1) is 15.8. The van der Waals surface area contributed by atoms with Crippen molar-refractivity contribution in [2.75, 3.05) is 21.7 Å². The van der Waals surface area contributed by atoms with Crippen molar-refractivity contribution in [1.82, 2.24) is 0 Å². The molecule has 122 valence electrons. The normalized spacial score (nSPS) is 17.2. The Balaban J connectivity index is 2.17. The molecule has 3 rings (SSSR count). The summed E-state index contributed by atoms with van der Waals surface area (Å²) in [6, 6.07) is 12.7.